The fourth-order valence-corrected chi connectivity index (χ4v) is 4.18. The number of nitrogens with zero attached hydrogens (tertiary/aromatic N) is 5. The lowest BCUT2D eigenvalue weighted by atomic mass is 10.0. The highest BCUT2D eigenvalue weighted by Crippen LogP contribution is 2.24. The van der Waals surface area contributed by atoms with Crippen LogP contribution in [-0.4, -0.2) is 109 Å². The fraction of sp³-hybridized carbons (Fsp3) is 0.750. The molecule has 0 bridgehead atoms. The summed E-state index contributed by atoms with van der Waals surface area (Å²) in [5, 5.41) is 3.83. The van der Waals surface area contributed by atoms with Crippen LogP contribution in [0.5, 0.6) is 0 Å². The highest BCUT2D eigenvalue weighted by molar-refractivity contribution is 5.92. The van der Waals surface area contributed by atoms with Crippen molar-refractivity contribution in [1.29, 1.82) is 0 Å². The van der Waals surface area contributed by atoms with E-state index in [-0.39, 0.29) is 11.9 Å². The van der Waals surface area contributed by atoms with Crippen LogP contribution in [0.1, 0.15) is 35.5 Å². The van der Waals surface area contributed by atoms with Crippen molar-refractivity contribution in [2.75, 3.05) is 60.5 Å². The van der Waals surface area contributed by atoms with Crippen LogP contribution in [0.2, 0.25) is 0 Å². The zero-order valence-electron chi connectivity index (χ0n) is 18.0. The third kappa shape index (κ3) is 5.27. The van der Waals surface area contributed by atoms with Gasteiger partial charge in [-0.1, -0.05) is 5.16 Å². The van der Waals surface area contributed by atoms with Crippen molar-refractivity contribution in [1.82, 2.24) is 24.8 Å². The average molecular weight is 408 g/mol. The van der Waals surface area contributed by atoms with Crippen LogP contribution < -0.4 is 0 Å². The molecule has 9 nitrogen and oxygen atoms in total. The minimum Gasteiger partial charge on any atom is -0.381 e. The number of urea groups is 1. The molecule has 3 rings (SSSR count). The Morgan fingerprint density at radius 1 is 1.14 bits per heavy atom. The van der Waals surface area contributed by atoms with Gasteiger partial charge in [0.1, 0.15) is 5.76 Å². The van der Waals surface area contributed by atoms with Crippen LogP contribution >= 0.6 is 0 Å². The zero-order valence-corrected chi connectivity index (χ0v) is 18.0. The Bertz CT molecular complexity index is 701. The SMILES string of the molecule is Cc1cc(C(=O)N(C)CCN(C2CCOCC2)C2CCN(C(=O)N(C)C)C2)no1. The van der Waals surface area contributed by atoms with Gasteiger partial charge in [-0.15, -0.1) is 0 Å². The number of ether oxygens (including phenoxy) is 1. The van der Waals surface area contributed by atoms with Gasteiger partial charge in [0, 0.05) is 78.7 Å². The number of aromatic nitrogens is 1. The molecule has 2 saturated heterocycles. The van der Waals surface area contributed by atoms with Crippen LogP contribution in [-0.2, 0) is 4.74 Å². The van der Waals surface area contributed by atoms with E-state index in [4.69, 9.17) is 9.26 Å². The Balaban J connectivity index is 1.63. The standard InChI is InChI=1S/C20H33N5O4/c1-15-13-18(21-29-15)19(26)23(4)9-10-25(16-6-11-28-12-7-16)17-5-8-24(14-17)20(27)22(2)3/h13,16-17H,5-12,14H2,1-4H3. The van der Waals surface area contributed by atoms with Gasteiger partial charge in [0.15, 0.2) is 5.69 Å². The normalized spacial score (nSPS) is 20.3. The Morgan fingerprint density at radius 3 is 2.48 bits per heavy atom. The van der Waals surface area contributed by atoms with Crippen molar-refractivity contribution in [3.63, 3.8) is 0 Å². The topological polar surface area (TPSA) is 82.4 Å². The molecule has 29 heavy (non-hydrogen) atoms. The first-order valence-corrected chi connectivity index (χ1v) is 10.4. The molecule has 1 atom stereocenters. The Hall–Kier alpha value is -2.13. The van der Waals surface area contributed by atoms with Gasteiger partial charge in [-0.05, 0) is 26.2 Å². The van der Waals surface area contributed by atoms with E-state index in [1.807, 2.05) is 4.90 Å². The maximum atomic E-state index is 12.6. The number of carbonyl (C=O) groups is 2. The van der Waals surface area contributed by atoms with E-state index in [2.05, 4.69) is 10.1 Å². The predicted octanol–water partition coefficient (Wildman–Crippen LogP) is 1.29. The Morgan fingerprint density at radius 2 is 1.86 bits per heavy atom. The summed E-state index contributed by atoms with van der Waals surface area (Å²) < 4.78 is 10.6. The maximum Gasteiger partial charge on any atom is 0.319 e. The molecule has 162 valence electrons. The van der Waals surface area contributed by atoms with Gasteiger partial charge in [0.05, 0.1) is 0 Å². The molecule has 2 aliphatic rings. The number of likely N-dealkylation sites (N-methyl/N-ethyl adjacent to an activating group) is 1. The van der Waals surface area contributed by atoms with Crippen molar-refractivity contribution < 1.29 is 18.8 Å². The van der Waals surface area contributed by atoms with Gasteiger partial charge in [-0.3, -0.25) is 9.69 Å². The van der Waals surface area contributed by atoms with Crippen molar-refractivity contribution in [2.24, 2.45) is 0 Å². The molecule has 0 N–H and O–H groups in total. The van der Waals surface area contributed by atoms with Crippen molar-refractivity contribution >= 4 is 11.9 Å². The molecule has 1 aromatic rings. The second-order valence-electron chi connectivity index (χ2n) is 8.20. The summed E-state index contributed by atoms with van der Waals surface area (Å²) in [5.74, 6) is 0.492. The minimum absolute atomic E-state index is 0.0631. The average Bonchev–Trinajstić information content (AvgIpc) is 3.37. The summed E-state index contributed by atoms with van der Waals surface area (Å²) in [4.78, 5) is 32.7. The highest BCUT2D eigenvalue weighted by Gasteiger charge is 2.35. The first-order valence-electron chi connectivity index (χ1n) is 10.4. The smallest absolute Gasteiger partial charge is 0.319 e. The largest absolute Gasteiger partial charge is 0.381 e. The summed E-state index contributed by atoms with van der Waals surface area (Å²) in [7, 11) is 5.38. The fourth-order valence-electron chi connectivity index (χ4n) is 4.18. The lowest BCUT2D eigenvalue weighted by molar-refractivity contribution is 0.0151. The maximum absolute atomic E-state index is 12.6. The number of hydrogen-bond donors (Lipinski definition) is 0. The second-order valence-corrected chi connectivity index (χ2v) is 8.20. The number of carbonyl (C=O) groups excluding carboxylic acids is 2. The second kappa shape index (κ2) is 9.58. The highest BCUT2D eigenvalue weighted by atomic mass is 16.5. The quantitative estimate of drug-likeness (QED) is 0.707. The Kier molecular flexibility index (Phi) is 7.13. The summed E-state index contributed by atoms with van der Waals surface area (Å²) in [6, 6.07) is 2.45. The molecular weight excluding hydrogens is 374 g/mol. The predicted molar refractivity (Wildman–Crippen MR) is 108 cm³/mol. The van der Waals surface area contributed by atoms with Gasteiger partial charge in [0.25, 0.3) is 5.91 Å². The van der Waals surface area contributed by atoms with E-state index >= 15 is 0 Å². The number of hydrogen-bond acceptors (Lipinski definition) is 6. The third-order valence-electron chi connectivity index (χ3n) is 5.83. The number of amides is 3. The van der Waals surface area contributed by atoms with Gasteiger partial charge < -0.3 is 24.0 Å². The molecule has 1 aromatic heterocycles. The molecule has 0 aromatic carbocycles. The first kappa shape index (κ1) is 21.6. The van der Waals surface area contributed by atoms with E-state index in [1.165, 1.54) is 0 Å². The van der Waals surface area contributed by atoms with Crippen molar-refractivity contribution in [2.45, 2.75) is 38.3 Å². The number of likely N-dealkylation sites (tertiary alicyclic amines) is 1. The van der Waals surface area contributed by atoms with Gasteiger partial charge in [-0.25, -0.2) is 4.79 Å². The van der Waals surface area contributed by atoms with Crippen LogP contribution in [0.3, 0.4) is 0 Å². The van der Waals surface area contributed by atoms with Gasteiger partial charge in [0.2, 0.25) is 0 Å². The van der Waals surface area contributed by atoms with Crippen molar-refractivity contribution in [3.05, 3.63) is 17.5 Å². The summed E-state index contributed by atoms with van der Waals surface area (Å²) in [5.41, 5.74) is 0.339. The molecule has 0 aliphatic carbocycles. The monoisotopic (exact) mass is 407 g/mol. The van der Waals surface area contributed by atoms with E-state index in [1.54, 1.807) is 43.9 Å². The molecule has 2 aliphatic heterocycles. The van der Waals surface area contributed by atoms with Crippen LogP contribution in [0, 0.1) is 6.92 Å². The molecule has 3 amide bonds. The zero-order chi connectivity index (χ0) is 21.0. The molecule has 0 spiro atoms. The van der Waals surface area contributed by atoms with Gasteiger partial charge in [-0.2, -0.15) is 0 Å². The number of rotatable bonds is 6. The van der Waals surface area contributed by atoms with E-state index in [0.29, 0.717) is 30.1 Å². The van der Waals surface area contributed by atoms with Crippen LogP contribution in [0.4, 0.5) is 4.79 Å². The number of aryl methyl sites for hydroxylation is 1. The molecule has 9 heteroatoms. The summed E-state index contributed by atoms with van der Waals surface area (Å²) in [6.07, 6.45) is 2.92. The van der Waals surface area contributed by atoms with E-state index in [9.17, 15) is 9.59 Å². The van der Waals surface area contributed by atoms with Crippen molar-refractivity contribution in [3.8, 4) is 0 Å². The molecular formula is C20H33N5O4. The molecule has 0 radical (unpaired) electrons. The summed E-state index contributed by atoms with van der Waals surface area (Å²) in [6.45, 7) is 6.17. The Labute approximate surface area is 172 Å². The molecule has 3 heterocycles. The lowest BCUT2D eigenvalue weighted by Crippen LogP contribution is -2.50. The minimum atomic E-state index is -0.135. The van der Waals surface area contributed by atoms with Crippen LogP contribution in [0.15, 0.2) is 10.6 Å². The van der Waals surface area contributed by atoms with E-state index < -0.39 is 0 Å². The van der Waals surface area contributed by atoms with Crippen LogP contribution in [0.25, 0.3) is 0 Å². The molecule has 0 saturated carbocycles. The van der Waals surface area contributed by atoms with E-state index in [0.717, 1.165) is 52.1 Å². The summed E-state index contributed by atoms with van der Waals surface area (Å²) >= 11 is 0. The molecule has 2 fully saturated rings. The van der Waals surface area contributed by atoms with Gasteiger partial charge >= 0.3 is 6.03 Å². The first-order chi connectivity index (χ1) is 13.9. The lowest BCUT2D eigenvalue weighted by Gasteiger charge is -2.39. The third-order valence-corrected chi connectivity index (χ3v) is 5.83. The molecule has 1 unspecified atom stereocenters.